The van der Waals surface area contributed by atoms with Crippen molar-refractivity contribution < 1.29 is 27.5 Å². The maximum Gasteiger partial charge on any atom is 0.416 e. The standard InChI is InChI=1S/C21H23F3N2O3S/c1-29-12-4-11-25-19(28)17-15-5-2-3-6-16(15)30-20(17)26-18(27)13-7-9-14(10-8-13)21(22,23)24/h7-10H,2-6,11-12H2,1H3,(H,25,28)(H,26,27). The lowest BCUT2D eigenvalue weighted by molar-refractivity contribution is -0.137. The third-order valence-electron chi connectivity index (χ3n) is 4.91. The Balaban J connectivity index is 1.80. The molecule has 2 N–H and O–H groups in total. The van der Waals surface area contributed by atoms with E-state index in [-0.39, 0.29) is 11.5 Å². The minimum atomic E-state index is -4.46. The van der Waals surface area contributed by atoms with Crippen molar-refractivity contribution >= 4 is 28.2 Å². The summed E-state index contributed by atoms with van der Waals surface area (Å²) in [5.74, 6) is -0.802. The molecule has 162 valence electrons. The van der Waals surface area contributed by atoms with Gasteiger partial charge in [-0.3, -0.25) is 9.59 Å². The van der Waals surface area contributed by atoms with E-state index in [2.05, 4.69) is 10.6 Å². The molecule has 1 aliphatic carbocycles. The Morgan fingerprint density at radius 3 is 2.47 bits per heavy atom. The molecule has 5 nitrogen and oxygen atoms in total. The third-order valence-corrected chi connectivity index (χ3v) is 6.12. The van der Waals surface area contributed by atoms with E-state index in [1.807, 2.05) is 0 Å². The van der Waals surface area contributed by atoms with Gasteiger partial charge in [-0.25, -0.2) is 0 Å². The van der Waals surface area contributed by atoms with E-state index in [1.165, 1.54) is 11.3 Å². The monoisotopic (exact) mass is 440 g/mol. The van der Waals surface area contributed by atoms with Crippen LogP contribution in [0.3, 0.4) is 0 Å². The molecule has 0 spiro atoms. The van der Waals surface area contributed by atoms with Crippen molar-refractivity contribution in [3.05, 3.63) is 51.4 Å². The lowest BCUT2D eigenvalue weighted by Gasteiger charge is -2.13. The summed E-state index contributed by atoms with van der Waals surface area (Å²) < 4.78 is 43.2. The van der Waals surface area contributed by atoms with E-state index in [0.29, 0.717) is 30.1 Å². The van der Waals surface area contributed by atoms with Gasteiger partial charge < -0.3 is 15.4 Å². The maximum atomic E-state index is 12.8. The number of rotatable bonds is 7. The summed E-state index contributed by atoms with van der Waals surface area (Å²) in [6, 6.07) is 4.02. The Labute approximate surface area is 176 Å². The summed E-state index contributed by atoms with van der Waals surface area (Å²) in [6.45, 7) is 0.975. The molecule has 0 bridgehead atoms. The van der Waals surface area contributed by atoms with Crippen molar-refractivity contribution in [2.75, 3.05) is 25.6 Å². The molecular formula is C21H23F3N2O3S. The van der Waals surface area contributed by atoms with Gasteiger partial charge in [-0.15, -0.1) is 11.3 Å². The number of hydrogen-bond acceptors (Lipinski definition) is 4. The van der Waals surface area contributed by atoms with Crippen LogP contribution in [0.5, 0.6) is 0 Å². The fourth-order valence-corrected chi connectivity index (χ4v) is 4.67. The van der Waals surface area contributed by atoms with Crippen LogP contribution in [0.25, 0.3) is 0 Å². The summed E-state index contributed by atoms with van der Waals surface area (Å²) in [5.41, 5.74) is 0.702. The first kappa shape index (κ1) is 22.3. The van der Waals surface area contributed by atoms with Crippen molar-refractivity contribution in [2.45, 2.75) is 38.3 Å². The molecule has 1 aromatic carbocycles. The molecule has 2 aromatic rings. The Kier molecular flexibility index (Phi) is 7.14. The highest BCUT2D eigenvalue weighted by Gasteiger charge is 2.30. The van der Waals surface area contributed by atoms with Crippen LogP contribution in [0.15, 0.2) is 24.3 Å². The molecule has 0 saturated carbocycles. The summed E-state index contributed by atoms with van der Waals surface area (Å²) in [6.07, 6.45) is -0.185. The molecule has 9 heteroatoms. The zero-order chi connectivity index (χ0) is 21.7. The average Bonchev–Trinajstić information content (AvgIpc) is 3.08. The Bertz CT molecular complexity index is 907. The first-order valence-corrected chi connectivity index (χ1v) is 10.5. The second-order valence-corrected chi connectivity index (χ2v) is 8.15. The van der Waals surface area contributed by atoms with Crippen molar-refractivity contribution in [3.8, 4) is 0 Å². The molecular weight excluding hydrogens is 417 g/mol. The van der Waals surface area contributed by atoms with E-state index in [0.717, 1.165) is 60.4 Å². The average molecular weight is 440 g/mol. The van der Waals surface area contributed by atoms with Gasteiger partial charge in [-0.2, -0.15) is 13.2 Å². The largest absolute Gasteiger partial charge is 0.416 e. The SMILES string of the molecule is COCCCNC(=O)c1c(NC(=O)c2ccc(C(F)(F)F)cc2)sc2c1CCCC2. The normalized spacial score (nSPS) is 13.6. The van der Waals surface area contributed by atoms with Crippen LogP contribution in [0, 0.1) is 0 Å². The molecule has 0 radical (unpaired) electrons. The number of carbonyl (C=O) groups excluding carboxylic acids is 2. The number of ether oxygens (including phenoxy) is 1. The van der Waals surface area contributed by atoms with Crippen LogP contribution >= 0.6 is 11.3 Å². The van der Waals surface area contributed by atoms with E-state index in [9.17, 15) is 22.8 Å². The van der Waals surface area contributed by atoms with E-state index >= 15 is 0 Å². The van der Waals surface area contributed by atoms with E-state index in [4.69, 9.17) is 4.74 Å². The smallest absolute Gasteiger partial charge is 0.385 e. The molecule has 1 aromatic heterocycles. The number of halogens is 3. The van der Waals surface area contributed by atoms with Crippen molar-refractivity contribution in [1.82, 2.24) is 5.32 Å². The number of alkyl halides is 3. The number of carbonyl (C=O) groups is 2. The number of methoxy groups -OCH3 is 1. The predicted molar refractivity (Wildman–Crippen MR) is 109 cm³/mol. The Morgan fingerprint density at radius 2 is 1.80 bits per heavy atom. The molecule has 1 heterocycles. The number of aryl methyl sites for hydroxylation is 1. The number of hydrogen-bond donors (Lipinski definition) is 2. The zero-order valence-corrected chi connectivity index (χ0v) is 17.3. The van der Waals surface area contributed by atoms with Crippen LogP contribution in [0.1, 0.15) is 56.0 Å². The highest BCUT2D eigenvalue weighted by molar-refractivity contribution is 7.17. The van der Waals surface area contributed by atoms with Crippen molar-refractivity contribution in [1.29, 1.82) is 0 Å². The molecule has 2 amide bonds. The maximum absolute atomic E-state index is 12.8. The molecule has 0 aliphatic heterocycles. The second kappa shape index (κ2) is 9.61. The van der Waals surface area contributed by atoms with Crippen LogP contribution in [0.4, 0.5) is 18.2 Å². The van der Waals surface area contributed by atoms with Gasteiger partial charge in [0.1, 0.15) is 5.00 Å². The third kappa shape index (κ3) is 5.20. The molecule has 0 unspecified atom stereocenters. The number of nitrogens with one attached hydrogen (secondary N) is 2. The van der Waals surface area contributed by atoms with E-state index in [1.54, 1.807) is 7.11 Å². The quantitative estimate of drug-likeness (QED) is 0.615. The summed E-state index contributed by atoms with van der Waals surface area (Å²) in [5, 5.41) is 6.04. The fourth-order valence-electron chi connectivity index (χ4n) is 3.39. The predicted octanol–water partition coefficient (Wildman–Crippen LogP) is 4.66. The molecule has 3 rings (SSSR count). The van der Waals surface area contributed by atoms with E-state index < -0.39 is 17.6 Å². The highest BCUT2D eigenvalue weighted by Crippen LogP contribution is 2.38. The highest BCUT2D eigenvalue weighted by atomic mass is 32.1. The van der Waals surface area contributed by atoms with Gasteiger partial charge >= 0.3 is 6.18 Å². The number of fused-ring (bicyclic) bond motifs is 1. The lowest BCUT2D eigenvalue weighted by Crippen LogP contribution is -2.27. The van der Waals surface area contributed by atoms with Gasteiger partial charge in [0.2, 0.25) is 0 Å². The summed E-state index contributed by atoms with van der Waals surface area (Å²) >= 11 is 1.37. The second-order valence-electron chi connectivity index (χ2n) is 7.05. The van der Waals surface area contributed by atoms with Crippen molar-refractivity contribution in [3.63, 3.8) is 0 Å². The Morgan fingerprint density at radius 1 is 1.10 bits per heavy atom. The molecule has 1 aliphatic rings. The van der Waals surface area contributed by atoms with Gasteiger partial charge in [0.05, 0.1) is 11.1 Å². The fraction of sp³-hybridized carbons (Fsp3) is 0.429. The van der Waals surface area contributed by atoms with Crippen LogP contribution in [0.2, 0.25) is 0 Å². The minimum Gasteiger partial charge on any atom is -0.385 e. The summed E-state index contributed by atoms with van der Waals surface area (Å²) in [4.78, 5) is 26.5. The first-order valence-electron chi connectivity index (χ1n) is 9.71. The van der Waals surface area contributed by atoms with Gasteiger partial charge in [0, 0.05) is 30.7 Å². The topological polar surface area (TPSA) is 67.4 Å². The molecule has 0 atom stereocenters. The van der Waals surface area contributed by atoms with Crippen LogP contribution in [-0.2, 0) is 23.8 Å². The number of amides is 2. The molecule has 0 saturated heterocycles. The van der Waals surface area contributed by atoms with Gasteiger partial charge in [0.25, 0.3) is 11.8 Å². The molecule has 0 fully saturated rings. The van der Waals surface area contributed by atoms with Gasteiger partial charge in [0.15, 0.2) is 0 Å². The summed E-state index contributed by atoms with van der Waals surface area (Å²) in [7, 11) is 1.59. The number of benzene rings is 1. The lowest BCUT2D eigenvalue weighted by atomic mass is 9.95. The number of anilines is 1. The molecule has 30 heavy (non-hydrogen) atoms. The Hall–Kier alpha value is -2.39. The van der Waals surface area contributed by atoms with Gasteiger partial charge in [-0.1, -0.05) is 0 Å². The zero-order valence-electron chi connectivity index (χ0n) is 16.5. The van der Waals surface area contributed by atoms with Gasteiger partial charge in [-0.05, 0) is 61.9 Å². The van der Waals surface area contributed by atoms with Crippen molar-refractivity contribution in [2.24, 2.45) is 0 Å². The van der Waals surface area contributed by atoms with Crippen LogP contribution < -0.4 is 10.6 Å². The van der Waals surface area contributed by atoms with Crippen LogP contribution in [-0.4, -0.2) is 32.1 Å². The first-order chi connectivity index (χ1) is 14.3. The minimum absolute atomic E-state index is 0.0980. The number of thiophene rings is 1.